The minimum absolute atomic E-state index is 0.0159. The number of carbonyl (C=O) groups is 5. The average Bonchev–Trinajstić information content (AvgIpc) is 3.28. The van der Waals surface area contributed by atoms with Gasteiger partial charge in [0.05, 0.1) is 24.4 Å². The van der Waals surface area contributed by atoms with Crippen LogP contribution in [0.15, 0.2) is 47.6 Å². The van der Waals surface area contributed by atoms with E-state index in [-0.39, 0.29) is 48.9 Å². The number of piperidine rings is 1. The highest BCUT2D eigenvalue weighted by Crippen LogP contribution is 2.40. The number of ether oxygens (including phenoxy) is 5. The lowest BCUT2D eigenvalue weighted by Crippen LogP contribution is -2.61. The summed E-state index contributed by atoms with van der Waals surface area (Å²) >= 11 is 0. The Balaban J connectivity index is 1.73. The van der Waals surface area contributed by atoms with E-state index in [1.165, 1.54) is 12.0 Å². The monoisotopic (exact) mass is 928 g/mol. The van der Waals surface area contributed by atoms with E-state index in [1.807, 2.05) is 58.1 Å². The lowest BCUT2D eigenvalue weighted by atomic mass is 9.74. The van der Waals surface area contributed by atoms with Gasteiger partial charge in [-0.1, -0.05) is 71.1 Å². The number of aliphatic hydroxyl groups is 3. The lowest BCUT2D eigenvalue weighted by Gasteiger charge is -2.43. The summed E-state index contributed by atoms with van der Waals surface area (Å²) in [5.41, 5.74) is -0.131. The molecule has 15 atom stereocenters. The molecule has 14 heteroatoms. The molecular formula is C52H81NO13. The minimum Gasteiger partial charge on any atom is -0.457 e. The van der Waals surface area contributed by atoms with Crippen LogP contribution in [-0.4, -0.2) is 131 Å². The quantitative estimate of drug-likeness (QED) is 0.147. The molecule has 3 heterocycles. The van der Waals surface area contributed by atoms with Crippen molar-refractivity contribution in [1.82, 2.24) is 4.90 Å². The number of hydrogen-bond acceptors (Lipinski definition) is 13. The number of fused-ring (bicyclic) bond motifs is 3. The average molecular weight is 928 g/mol. The van der Waals surface area contributed by atoms with Crippen molar-refractivity contribution in [3.8, 4) is 0 Å². The SMILES string of the molecule is CO[C@H]1CC2CC[C@@H](C)[C@@](O)(O2)C(=O)C(=O)N2CCCCC2C(=O)O[C@](C)([C@H](C)C[C@@H]2CC[C@@H](O)[C@H](OC)C2)CC(=O)[C@H](C)/C=C(\C)[C@@H](O)[C@@H](OC)C(=O)[C@H](C)C[C@H](C)/C=C/C=C/C=C/1C. The summed E-state index contributed by atoms with van der Waals surface area (Å²) in [6.45, 7) is 14.5. The van der Waals surface area contributed by atoms with Gasteiger partial charge in [0.1, 0.15) is 29.6 Å². The van der Waals surface area contributed by atoms with Gasteiger partial charge < -0.3 is 43.9 Å². The summed E-state index contributed by atoms with van der Waals surface area (Å²) in [6.07, 6.45) is 11.9. The Labute approximate surface area is 393 Å². The molecule has 1 aliphatic carbocycles. The number of cyclic esters (lactones) is 1. The lowest BCUT2D eigenvalue weighted by molar-refractivity contribution is -0.265. The highest BCUT2D eigenvalue weighted by atomic mass is 16.6. The van der Waals surface area contributed by atoms with Gasteiger partial charge in [0, 0.05) is 58.5 Å². The third-order valence-corrected chi connectivity index (χ3v) is 15.1. The van der Waals surface area contributed by atoms with Gasteiger partial charge in [0.2, 0.25) is 5.79 Å². The number of Topliss-reactive ketones (excluding diaryl/α,β-unsaturated/α-hetero) is 3. The number of nitrogens with zero attached hydrogens (tertiary/aromatic N) is 1. The van der Waals surface area contributed by atoms with Crippen molar-refractivity contribution in [2.24, 2.45) is 35.5 Å². The number of rotatable bonds is 6. The Bertz CT molecular complexity index is 1810. The van der Waals surface area contributed by atoms with Crippen LogP contribution in [0.2, 0.25) is 0 Å². The first-order valence-electron chi connectivity index (χ1n) is 24.3. The molecule has 1 amide bonds. The first-order valence-corrected chi connectivity index (χ1v) is 24.3. The van der Waals surface area contributed by atoms with Crippen LogP contribution in [0.4, 0.5) is 0 Å². The maximum absolute atomic E-state index is 14.6. The van der Waals surface area contributed by atoms with Crippen molar-refractivity contribution >= 4 is 29.2 Å². The van der Waals surface area contributed by atoms with Crippen molar-refractivity contribution in [2.45, 2.75) is 186 Å². The van der Waals surface area contributed by atoms with Crippen LogP contribution in [0.25, 0.3) is 0 Å². The predicted octanol–water partition coefficient (Wildman–Crippen LogP) is 6.57. The zero-order valence-electron chi connectivity index (χ0n) is 41.5. The minimum atomic E-state index is -2.44. The van der Waals surface area contributed by atoms with Gasteiger partial charge in [-0.3, -0.25) is 19.2 Å². The Morgan fingerprint density at radius 1 is 0.848 bits per heavy atom. The Morgan fingerprint density at radius 2 is 1.56 bits per heavy atom. The molecule has 4 rings (SSSR count). The van der Waals surface area contributed by atoms with Crippen LogP contribution in [0.1, 0.15) is 132 Å². The number of aliphatic hydroxyl groups excluding tert-OH is 2. The summed E-state index contributed by atoms with van der Waals surface area (Å²) in [4.78, 5) is 72.4. The van der Waals surface area contributed by atoms with Crippen LogP contribution in [0.3, 0.4) is 0 Å². The Kier molecular flexibility index (Phi) is 20.7. The van der Waals surface area contributed by atoms with E-state index >= 15 is 0 Å². The zero-order valence-corrected chi connectivity index (χ0v) is 41.5. The number of allylic oxidation sites excluding steroid dienone is 6. The molecule has 3 aliphatic heterocycles. The number of hydrogen-bond donors (Lipinski definition) is 3. The summed E-state index contributed by atoms with van der Waals surface area (Å²) in [5.74, 6) is -8.11. The second-order valence-corrected chi connectivity index (χ2v) is 20.2. The molecule has 4 aliphatic rings. The van der Waals surface area contributed by atoms with Crippen LogP contribution < -0.4 is 0 Å². The molecule has 3 N–H and O–H groups in total. The van der Waals surface area contributed by atoms with E-state index in [2.05, 4.69) is 0 Å². The highest BCUT2D eigenvalue weighted by molar-refractivity contribution is 6.39. The summed E-state index contributed by atoms with van der Waals surface area (Å²) in [6, 6.07) is -1.16. The van der Waals surface area contributed by atoms with Crippen LogP contribution in [0, 0.1) is 35.5 Å². The molecule has 1 saturated carbocycles. The normalized spacial score (nSPS) is 41.1. The Hall–Kier alpha value is -3.37. The number of ketones is 3. The standard InChI is InChI=1S/C52H81NO13/c1-31-17-13-12-14-18-32(2)43(62-9)29-39-22-20-36(6)52(61,65-39)48(58)49(59)53-24-16-15-19-40(53)50(60)66-51(8,37(7)27-38-21-23-41(54)44(28-38)63-10)30-42(55)33(3)26-35(5)46(57)47(64-11)45(56)34(4)25-31/h12-14,17-18,26,31,33-34,36-41,43-44,46-47,54,57,61H,15-16,19-25,27-30H2,1-11H3/b14-12+,17-13+,32-18+,35-26+/t31-,33-,34-,36-,37-,38+,39?,40?,41-,43+,44-,46-,47+,51+,52-/m1/s1. The highest BCUT2D eigenvalue weighted by Gasteiger charge is 2.53. The first kappa shape index (κ1) is 55.2. The fraction of sp³-hybridized carbons (Fsp3) is 0.750. The summed E-state index contributed by atoms with van der Waals surface area (Å²) in [7, 11) is 4.52. The predicted molar refractivity (Wildman–Crippen MR) is 250 cm³/mol. The van der Waals surface area contributed by atoms with E-state index < -0.39 is 89.3 Å². The van der Waals surface area contributed by atoms with Crippen LogP contribution in [0.5, 0.6) is 0 Å². The third-order valence-electron chi connectivity index (χ3n) is 15.1. The molecule has 14 nitrogen and oxygen atoms in total. The number of amides is 1. The van der Waals surface area contributed by atoms with E-state index in [0.29, 0.717) is 69.8 Å². The molecule has 0 radical (unpaired) electrons. The van der Waals surface area contributed by atoms with Gasteiger partial charge in [-0.25, -0.2) is 4.79 Å². The second-order valence-electron chi connectivity index (χ2n) is 20.2. The maximum atomic E-state index is 14.6. The van der Waals surface area contributed by atoms with Crippen molar-refractivity contribution in [2.75, 3.05) is 27.9 Å². The molecule has 0 aromatic heterocycles. The summed E-state index contributed by atoms with van der Waals surface area (Å²) < 4.78 is 29.6. The number of esters is 1. The van der Waals surface area contributed by atoms with E-state index in [0.717, 1.165) is 5.57 Å². The summed E-state index contributed by atoms with van der Waals surface area (Å²) in [5, 5.41) is 34.0. The topological polar surface area (TPSA) is 195 Å². The van der Waals surface area contributed by atoms with Crippen molar-refractivity contribution in [3.05, 3.63) is 47.6 Å². The third kappa shape index (κ3) is 13.9. The second kappa shape index (κ2) is 24.8. The fourth-order valence-corrected chi connectivity index (χ4v) is 10.3. The van der Waals surface area contributed by atoms with E-state index in [9.17, 15) is 39.3 Å². The van der Waals surface area contributed by atoms with Gasteiger partial charge in [-0.15, -0.1) is 0 Å². The van der Waals surface area contributed by atoms with Gasteiger partial charge in [0.15, 0.2) is 5.78 Å². The molecular weight excluding hydrogens is 847 g/mol. The van der Waals surface area contributed by atoms with Gasteiger partial charge in [-0.2, -0.15) is 0 Å². The van der Waals surface area contributed by atoms with E-state index in [1.54, 1.807) is 48.0 Å². The van der Waals surface area contributed by atoms with Crippen molar-refractivity contribution in [3.63, 3.8) is 0 Å². The van der Waals surface area contributed by atoms with Crippen LogP contribution in [-0.2, 0) is 47.7 Å². The Morgan fingerprint density at radius 3 is 2.23 bits per heavy atom. The van der Waals surface area contributed by atoms with Gasteiger partial charge in [0.25, 0.3) is 11.7 Å². The smallest absolute Gasteiger partial charge is 0.329 e. The van der Waals surface area contributed by atoms with Crippen molar-refractivity contribution in [1.29, 1.82) is 0 Å². The molecule has 2 saturated heterocycles. The molecule has 66 heavy (non-hydrogen) atoms. The van der Waals surface area contributed by atoms with Crippen LogP contribution >= 0.6 is 0 Å². The maximum Gasteiger partial charge on any atom is 0.329 e. The van der Waals surface area contributed by atoms with Gasteiger partial charge >= 0.3 is 5.97 Å². The van der Waals surface area contributed by atoms with Gasteiger partial charge in [-0.05, 0) is 114 Å². The molecule has 3 fully saturated rings. The first-order chi connectivity index (χ1) is 31.1. The molecule has 0 spiro atoms. The van der Waals surface area contributed by atoms with Crippen molar-refractivity contribution < 1.29 is 63.0 Å². The zero-order chi connectivity index (χ0) is 49.1. The number of carbonyl (C=O) groups excluding carboxylic acids is 5. The molecule has 0 aromatic carbocycles. The fourth-order valence-electron chi connectivity index (χ4n) is 10.3. The molecule has 2 bridgehead atoms. The number of methoxy groups -OCH3 is 3. The molecule has 0 aromatic rings. The largest absolute Gasteiger partial charge is 0.457 e. The molecule has 2 unspecified atom stereocenters. The molecule has 372 valence electrons. The van der Waals surface area contributed by atoms with E-state index in [4.69, 9.17) is 23.7 Å².